The minimum Gasteiger partial charge on any atom is -0.454 e. The van der Waals surface area contributed by atoms with E-state index in [9.17, 15) is 4.39 Å². The second-order valence-electron chi connectivity index (χ2n) is 4.52. The Morgan fingerprint density at radius 3 is 2.75 bits per heavy atom. The molecule has 0 bridgehead atoms. The Kier molecular flexibility index (Phi) is 4.99. The van der Waals surface area contributed by atoms with E-state index in [1.54, 1.807) is 12.1 Å². The summed E-state index contributed by atoms with van der Waals surface area (Å²) in [6.07, 6.45) is 0. The Bertz CT molecular complexity index is 601. The Balaban J connectivity index is 2.18. The van der Waals surface area contributed by atoms with Gasteiger partial charge in [-0.25, -0.2) is 4.39 Å². The summed E-state index contributed by atoms with van der Waals surface area (Å²) in [4.78, 5) is 0. The first-order valence-electron chi connectivity index (χ1n) is 6.54. The number of aryl methyl sites for hydroxylation is 1. The van der Waals surface area contributed by atoms with Crippen molar-refractivity contribution in [1.82, 2.24) is 5.32 Å². The lowest BCUT2D eigenvalue weighted by molar-refractivity contribution is 0.442. The average molecular weight is 294 g/mol. The van der Waals surface area contributed by atoms with Crippen molar-refractivity contribution in [3.05, 3.63) is 58.4 Å². The van der Waals surface area contributed by atoms with Gasteiger partial charge < -0.3 is 10.1 Å². The van der Waals surface area contributed by atoms with Crippen LogP contribution in [-0.2, 0) is 6.54 Å². The van der Waals surface area contributed by atoms with Gasteiger partial charge in [0.15, 0.2) is 11.6 Å². The number of halogens is 2. The van der Waals surface area contributed by atoms with Gasteiger partial charge in [0.2, 0.25) is 0 Å². The lowest BCUT2D eigenvalue weighted by Crippen LogP contribution is -2.12. The maximum atomic E-state index is 13.8. The van der Waals surface area contributed by atoms with E-state index in [1.165, 1.54) is 11.6 Å². The Labute approximate surface area is 123 Å². The Hall–Kier alpha value is -1.58. The van der Waals surface area contributed by atoms with Crippen LogP contribution < -0.4 is 10.1 Å². The molecule has 2 nitrogen and oxygen atoms in total. The molecule has 0 heterocycles. The van der Waals surface area contributed by atoms with Crippen LogP contribution in [0, 0.1) is 12.7 Å². The summed E-state index contributed by atoms with van der Waals surface area (Å²) in [5.41, 5.74) is 2.30. The number of nitrogens with one attached hydrogen (secondary N) is 1. The molecular formula is C16H17ClFNO. The molecule has 0 saturated heterocycles. The van der Waals surface area contributed by atoms with Crippen molar-refractivity contribution in [1.29, 1.82) is 0 Å². The third-order valence-corrected chi connectivity index (χ3v) is 3.32. The van der Waals surface area contributed by atoms with E-state index in [-0.39, 0.29) is 10.8 Å². The molecule has 0 aliphatic carbocycles. The number of hydrogen-bond donors (Lipinski definition) is 1. The molecule has 0 aliphatic rings. The molecule has 0 aromatic heterocycles. The number of benzene rings is 2. The molecule has 0 spiro atoms. The van der Waals surface area contributed by atoms with Crippen LogP contribution in [0.4, 0.5) is 4.39 Å². The zero-order chi connectivity index (χ0) is 14.5. The molecule has 0 saturated carbocycles. The fraction of sp³-hybridized carbons (Fsp3) is 0.250. The van der Waals surface area contributed by atoms with Crippen molar-refractivity contribution in [3.8, 4) is 11.5 Å². The molecule has 20 heavy (non-hydrogen) atoms. The van der Waals surface area contributed by atoms with Gasteiger partial charge >= 0.3 is 0 Å². The van der Waals surface area contributed by atoms with Gasteiger partial charge in [-0.05, 0) is 48.9 Å². The first-order valence-corrected chi connectivity index (χ1v) is 6.91. The van der Waals surface area contributed by atoms with Crippen LogP contribution in [0.25, 0.3) is 0 Å². The maximum Gasteiger partial charge on any atom is 0.184 e. The van der Waals surface area contributed by atoms with Gasteiger partial charge in [0.1, 0.15) is 5.75 Å². The summed E-state index contributed by atoms with van der Waals surface area (Å²) in [6, 6.07) is 10.4. The normalized spacial score (nSPS) is 10.6. The zero-order valence-electron chi connectivity index (χ0n) is 11.5. The van der Waals surface area contributed by atoms with Crippen LogP contribution in [0.3, 0.4) is 0 Å². The molecule has 0 aliphatic heterocycles. The quantitative estimate of drug-likeness (QED) is 0.863. The zero-order valence-corrected chi connectivity index (χ0v) is 12.3. The molecule has 106 valence electrons. The summed E-state index contributed by atoms with van der Waals surface area (Å²) in [5, 5.41) is 3.33. The van der Waals surface area contributed by atoms with E-state index in [1.807, 2.05) is 25.1 Å². The van der Waals surface area contributed by atoms with Crippen LogP contribution in [0.5, 0.6) is 11.5 Å². The van der Waals surface area contributed by atoms with E-state index in [2.05, 4.69) is 12.2 Å². The predicted molar refractivity (Wildman–Crippen MR) is 80.0 cm³/mol. The van der Waals surface area contributed by atoms with Crippen LogP contribution in [0.15, 0.2) is 36.4 Å². The van der Waals surface area contributed by atoms with Gasteiger partial charge in [-0.2, -0.15) is 0 Å². The first-order chi connectivity index (χ1) is 9.61. The maximum absolute atomic E-state index is 13.8. The summed E-state index contributed by atoms with van der Waals surface area (Å²) < 4.78 is 19.3. The summed E-state index contributed by atoms with van der Waals surface area (Å²) in [7, 11) is 0. The topological polar surface area (TPSA) is 21.3 Å². The summed E-state index contributed by atoms with van der Waals surface area (Å²) in [5.74, 6) is 0.198. The van der Waals surface area contributed by atoms with Gasteiger partial charge in [-0.15, -0.1) is 0 Å². The highest BCUT2D eigenvalue weighted by Gasteiger charge is 2.09. The Morgan fingerprint density at radius 2 is 2.05 bits per heavy atom. The van der Waals surface area contributed by atoms with Crippen LogP contribution in [-0.4, -0.2) is 6.54 Å². The van der Waals surface area contributed by atoms with Gasteiger partial charge in [-0.3, -0.25) is 0 Å². The highest BCUT2D eigenvalue weighted by molar-refractivity contribution is 6.30. The van der Waals surface area contributed by atoms with Crippen molar-refractivity contribution >= 4 is 11.6 Å². The van der Waals surface area contributed by atoms with Crippen LogP contribution >= 0.6 is 11.6 Å². The first kappa shape index (κ1) is 14.8. The van der Waals surface area contributed by atoms with Crippen molar-refractivity contribution in [2.75, 3.05) is 6.54 Å². The fourth-order valence-corrected chi connectivity index (χ4v) is 2.05. The van der Waals surface area contributed by atoms with Crippen molar-refractivity contribution in [2.45, 2.75) is 20.4 Å². The summed E-state index contributed by atoms with van der Waals surface area (Å²) >= 11 is 5.73. The van der Waals surface area contributed by atoms with Gasteiger partial charge in [-0.1, -0.05) is 30.7 Å². The van der Waals surface area contributed by atoms with E-state index in [0.717, 1.165) is 18.7 Å². The van der Waals surface area contributed by atoms with Crippen molar-refractivity contribution < 1.29 is 9.13 Å². The van der Waals surface area contributed by atoms with Crippen LogP contribution in [0.2, 0.25) is 5.02 Å². The minimum absolute atomic E-state index is 0.0583. The highest BCUT2D eigenvalue weighted by atomic mass is 35.5. The smallest absolute Gasteiger partial charge is 0.184 e. The molecular weight excluding hydrogens is 277 g/mol. The van der Waals surface area contributed by atoms with Gasteiger partial charge in [0.25, 0.3) is 0 Å². The monoisotopic (exact) mass is 293 g/mol. The number of hydrogen-bond acceptors (Lipinski definition) is 2. The fourth-order valence-electron chi connectivity index (χ4n) is 1.88. The number of rotatable bonds is 5. The molecule has 2 rings (SSSR count). The average Bonchev–Trinajstić information content (AvgIpc) is 2.43. The van der Waals surface area contributed by atoms with E-state index in [0.29, 0.717) is 5.75 Å². The molecule has 2 aromatic rings. The predicted octanol–water partition coefficient (Wildman–Crippen LogP) is 4.69. The van der Waals surface area contributed by atoms with E-state index >= 15 is 0 Å². The molecule has 1 N–H and O–H groups in total. The molecule has 0 atom stereocenters. The SMILES string of the molecule is CCNCc1ccc(Oc2cccc(Cl)c2F)cc1C. The van der Waals surface area contributed by atoms with E-state index in [4.69, 9.17) is 16.3 Å². The van der Waals surface area contributed by atoms with Crippen molar-refractivity contribution in [2.24, 2.45) is 0 Å². The highest BCUT2D eigenvalue weighted by Crippen LogP contribution is 2.29. The summed E-state index contributed by atoms with van der Waals surface area (Å²) in [6.45, 7) is 5.81. The second-order valence-corrected chi connectivity index (χ2v) is 4.93. The number of ether oxygens (including phenoxy) is 1. The third-order valence-electron chi connectivity index (χ3n) is 3.02. The molecule has 0 radical (unpaired) electrons. The van der Waals surface area contributed by atoms with Crippen LogP contribution in [0.1, 0.15) is 18.1 Å². The van der Waals surface area contributed by atoms with Gasteiger partial charge in [0, 0.05) is 6.54 Å². The molecule has 0 amide bonds. The van der Waals surface area contributed by atoms with Gasteiger partial charge in [0.05, 0.1) is 5.02 Å². The third kappa shape index (κ3) is 3.50. The standard InChI is InChI=1S/C16H17ClFNO/c1-3-19-10-12-7-8-13(9-11(12)2)20-15-6-4-5-14(17)16(15)18/h4-9,19H,3,10H2,1-2H3. The lowest BCUT2D eigenvalue weighted by atomic mass is 10.1. The molecule has 0 fully saturated rings. The Morgan fingerprint density at radius 1 is 1.25 bits per heavy atom. The molecule has 2 aromatic carbocycles. The molecule has 4 heteroatoms. The minimum atomic E-state index is -0.538. The largest absolute Gasteiger partial charge is 0.454 e. The lowest BCUT2D eigenvalue weighted by Gasteiger charge is -2.11. The van der Waals surface area contributed by atoms with Crippen molar-refractivity contribution in [3.63, 3.8) is 0 Å². The molecule has 0 unspecified atom stereocenters. The second kappa shape index (κ2) is 6.73. The van der Waals surface area contributed by atoms with E-state index < -0.39 is 5.82 Å².